The lowest BCUT2D eigenvalue weighted by Crippen LogP contribution is -2.44. The normalized spacial score (nSPS) is 19.8. The second-order valence-corrected chi connectivity index (χ2v) is 5.64. The molecule has 18 heavy (non-hydrogen) atoms. The van der Waals surface area contributed by atoms with E-state index >= 15 is 0 Å². The molecule has 1 atom stereocenters. The number of fused-ring (bicyclic) bond motifs is 1. The van der Waals surface area contributed by atoms with Gasteiger partial charge in [0.25, 0.3) is 0 Å². The van der Waals surface area contributed by atoms with Gasteiger partial charge in [0.05, 0.1) is 15.2 Å². The fraction of sp³-hybridized carbons (Fsp3) is 0.333. The van der Waals surface area contributed by atoms with Gasteiger partial charge in [-0.3, -0.25) is 4.79 Å². The maximum Gasteiger partial charge on any atom is 0.242 e. The van der Waals surface area contributed by atoms with Crippen LogP contribution in [-0.2, 0) is 4.79 Å². The fourth-order valence-electron chi connectivity index (χ4n) is 2.04. The van der Waals surface area contributed by atoms with Gasteiger partial charge in [-0.05, 0) is 25.0 Å². The van der Waals surface area contributed by atoms with Crippen LogP contribution in [0.3, 0.4) is 0 Å². The summed E-state index contributed by atoms with van der Waals surface area (Å²) in [6, 6.07) is 5.46. The SMILES string of the molecule is O=C1NCCCC1Nc1nc2cccc(Cl)c2s1. The van der Waals surface area contributed by atoms with Crippen molar-refractivity contribution in [2.45, 2.75) is 18.9 Å². The van der Waals surface area contributed by atoms with Crippen LogP contribution in [0.4, 0.5) is 5.13 Å². The number of amides is 1. The number of thiazole rings is 1. The van der Waals surface area contributed by atoms with E-state index in [-0.39, 0.29) is 11.9 Å². The van der Waals surface area contributed by atoms with Crippen LogP contribution in [0.5, 0.6) is 0 Å². The van der Waals surface area contributed by atoms with Gasteiger partial charge in [0.1, 0.15) is 6.04 Å². The van der Waals surface area contributed by atoms with Gasteiger partial charge in [-0.25, -0.2) is 4.98 Å². The largest absolute Gasteiger partial charge is 0.354 e. The van der Waals surface area contributed by atoms with E-state index in [9.17, 15) is 4.79 Å². The Morgan fingerprint density at radius 2 is 2.39 bits per heavy atom. The number of benzene rings is 1. The van der Waals surface area contributed by atoms with Crippen LogP contribution in [-0.4, -0.2) is 23.5 Å². The summed E-state index contributed by atoms with van der Waals surface area (Å²) in [6.07, 6.45) is 1.84. The Hall–Kier alpha value is -1.33. The number of rotatable bonds is 2. The number of carbonyl (C=O) groups excluding carboxylic acids is 1. The Morgan fingerprint density at radius 3 is 3.17 bits per heavy atom. The van der Waals surface area contributed by atoms with Crippen molar-refractivity contribution < 1.29 is 4.79 Å². The zero-order valence-electron chi connectivity index (χ0n) is 9.57. The highest BCUT2D eigenvalue weighted by Gasteiger charge is 2.22. The average molecular weight is 282 g/mol. The second kappa shape index (κ2) is 4.74. The van der Waals surface area contributed by atoms with Crippen molar-refractivity contribution in [3.8, 4) is 0 Å². The average Bonchev–Trinajstić information content (AvgIpc) is 2.76. The molecule has 2 heterocycles. The number of carbonyl (C=O) groups is 1. The summed E-state index contributed by atoms with van der Waals surface area (Å²) in [5.41, 5.74) is 0.867. The van der Waals surface area contributed by atoms with E-state index in [2.05, 4.69) is 15.6 Å². The molecule has 0 bridgehead atoms. The lowest BCUT2D eigenvalue weighted by atomic mass is 10.1. The third-order valence-electron chi connectivity index (χ3n) is 2.95. The van der Waals surface area contributed by atoms with E-state index in [1.807, 2.05) is 18.2 Å². The van der Waals surface area contributed by atoms with Crippen molar-refractivity contribution in [2.75, 3.05) is 11.9 Å². The Bertz CT molecular complexity index is 598. The second-order valence-electron chi connectivity index (χ2n) is 4.24. The summed E-state index contributed by atoms with van der Waals surface area (Å²) in [5, 5.41) is 7.48. The summed E-state index contributed by atoms with van der Waals surface area (Å²) in [4.78, 5) is 16.1. The van der Waals surface area contributed by atoms with Gasteiger partial charge in [-0.15, -0.1) is 0 Å². The lowest BCUT2D eigenvalue weighted by Gasteiger charge is -2.22. The smallest absolute Gasteiger partial charge is 0.242 e. The molecular weight excluding hydrogens is 270 g/mol. The van der Waals surface area contributed by atoms with Gasteiger partial charge in [0.15, 0.2) is 5.13 Å². The van der Waals surface area contributed by atoms with Crippen LogP contribution in [0.15, 0.2) is 18.2 Å². The fourth-order valence-corrected chi connectivity index (χ4v) is 3.24. The Morgan fingerprint density at radius 1 is 1.50 bits per heavy atom. The van der Waals surface area contributed by atoms with Gasteiger partial charge in [-0.2, -0.15) is 0 Å². The quantitative estimate of drug-likeness (QED) is 0.890. The number of hydrogen-bond donors (Lipinski definition) is 2. The minimum atomic E-state index is -0.182. The number of nitrogens with one attached hydrogen (secondary N) is 2. The minimum Gasteiger partial charge on any atom is -0.354 e. The van der Waals surface area contributed by atoms with Crippen LogP contribution in [0.2, 0.25) is 5.02 Å². The molecule has 1 saturated heterocycles. The van der Waals surface area contributed by atoms with Crippen molar-refractivity contribution in [1.82, 2.24) is 10.3 Å². The first-order chi connectivity index (χ1) is 8.74. The summed E-state index contributed by atoms with van der Waals surface area (Å²) in [6.45, 7) is 0.767. The molecule has 3 rings (SSSR count). The predicted octanol–water partition coefficient (Wildman–Crippen LogP) is 2.64. The molecule has 1 unspecified atom stereocenters. The van der Waals surface area contributed by atoms with Crippen LogP contribution in [0.25, 0.3) is 10.2 Å². The first-order valence-corrected chi connectivity index (χ1v) is 7.03. The number of piperidine rings is 1. The first kappa shape index (κ1) is 11.7. The molecule has 1 fully saturated rings. The number of hydrogen-bond acceptors (Lipinski definition) is 4. The lowest BCUT2D eigenvalue weighted by molar-refractivity contribution is -0.123. The molecule has 4 nitrogen and oxygen atoms in total. The molecule has 2 aromatic rings. The molecule has 0 saturated carbocycles. The van der Waals surface area contributed by atoms with E-state index < -0.39 is 0 Å². The molecule has 1 aromatic carbocycles. The highest BCUT2D eigenvalue weighted by atomic mass is 35.5. The van der Waals surface area contributed by atoms with Crippen molar-refractivity contribution in [1.29, 1.82) is 0 Å². The maximum absolute atomic E-state index is 11.7. The van der Waals surface area contributed by atoms with Crippen LogP contribution < -0.4 is 10.6 Å². The Balaban J connectivity index is 1.86. The monoisotopic (exact) mass is 281 g/mol. The highest BCUT2D eigenvalue weighted by molar-refractivity contribution is 7.22. The molecule has 94 valence electrons. The van der Waals surface area contributed by atoms with Crippen LogP contribution in [0, 0.1) is 0 Å². The summed E-state index contributed by atoms with van der Waals surface area (Å²) in [5.74, 6) is 0.0478. The molecule has 1 amide bonds. The number of anilines is 1. The summed E-state index contributed by atoms with van der Waals surface area (Å²) < 4.78 is 0.956. The van der Waals surface area contributed by atoms with E-state index in [1.165, 1.54) is 11.3 Å². The highest BCUT2D eigenvalue weighted by Crippen LogP contribution is 2.32. The molecule has 2 N–H and O–H groups in total. The molecule has 1 aliphatic rings. The standard InChI is InChI=1S/C12H12ClN3OS/c13-7-3-1-4-8-10(7)18-12(15-8)16-9-5-2-6-14-11(9)17/h1,3-4,9H,2,5-6H2,(H,14,17)(H,15,16). The molecule has 6 heteroatoms. The Kier molecular flexibility index (Phi) is 3.09. The molecule has 0 spiro atoms. The van der Waals surface area contributed by atoms with Gasteiger partial charge in [0.2, 0.25) is 5.91 Å². The molecule has 1 aliphatic heterocycles. The molecular formula is C12H12ClN3OS. The topological polar surface area (TPSA) is 54.0 Å². The minimum absolute atomic E-state index is 0.0478. The number of nitrogens with zero attached hydrogens (tertiary/aromatic N) is 1. The van der Waals surface area contributed by atoms with Crippen LogP contribution in [0.1, 0.15) is 12.8 Å². The first-order valence-electron chi connectivity index (χ1n) is 5.83. The van der Waals surface area contributed by atoms with Gasteiger partial charge < -0.3 is 10.6 Å². The van der Waals surface area contributed by atoms with E-state index in [4.69, 9.17) is 11.6 Å². The third-order valence-corrected chi connectivity index (χ3v) is 4.41. The predicted molar refractivity (Wildman–Crippen MR) is 74.3 cm³/mol. The van der Waals surface area contributed by atoms with Crippen molar-refractivity contribution in [2.24, 2.45) is 0 Å². The van der Waals surface area contributed by atoms with Crippen molar-refractivity contribution >= 4 is 44.2 Å². The van der Waals surface area contributed by atoms with Gasteiger partial charge in [0, 0.05) is 6.54 Å². The third kappa shape index (κ3) is 2.15. The maximum atomic E-state index is 11.7. The van der Waals surface area contributed by atoms with Crippen molar-refractivity contribution in [3.63, 3.8) is 0 Å². The number of halogens is 1. The summed E-state index contributed by atoms with van der Waals surface area (Å²) >= 11 is 7.59. The Labute approximate surface area is 113 Å². The van der Waals surface area contributed by atoms with E-state index in [0.29, 0.717) is 5.02 Å². The molecule has 0 radical (unpaired) electrons. The zero-order chi connectivity index (χ0) is 12.5. The van der Waals surface area contributed by atoms with Crippen LogP contribution >= 0.6 is 22.9 Å². The number of aromatic nitrogens is 1. The van der Waals surface area contributed by atoms with E-state index in [0.717, 1.165) is 34.7 Å². The van der Waals surface area contributed by atoms with Gasteiger partial charge in [-0.1, -0.05) is 29.0 Å². The van der Waals surface area contributed by atoms with E-state index in [1.54, 1.807) is 0 Å². The molecule has 0 aliphatic carbocycles. The zero-order valence-corrected chi connectivity index (χ0v) is 11.1. The summed E-state index contributed by atoms with van der Waals surface area (Å²) in [7, 11) is 0. The van der Waals surface area contributed by atoms with Crippen molar-refractivity contribution in [3.05, 3.63) is 23.2 Å². The molecule has 1 aromatic heterocycles. The van der Waals surface area contributed by atoms with Gasteiger partial charge >= 0.3 is 0 Å².